The molecule has 0 saturated carbocycles. The van der Waals surface area contributed by atoms with Gasteiger partial charge >= 0.3 is 0 Å². The maximum atomic E-state index is 13.9. The lowest BCUT2D eigenvalue weighted by molar-refractivity contribution is 0.0588. The number of hydrogen-bond donors (Lipinski definition) is 0. The number of likely N-dealkylation sites (tertiary alicyclic amines) is 1. The largest absolute Gasteiger partial charge is 0.487 e. The minimum absolute atomic E-state index is 0.00152. The van der Waals surface area contributed by atoms with Crippen molar-refractivity contribution in [1.82, 2.24) is 19.2 Å². The normalized spacial score (nSPS) is 14.4. The zero-order valence-electron chi connectivity index (χ0n) is 18.1. The number of aromatic nitrogens is 3. The van der Waals surface area contributed by atoms with Crippen molar-refractivity contribution in [3.05, 3.63) is 96.2 Å². The van der Waals surface area contributed by atoms with Crippen LogP contribution in [0.5, 0.6) is 5.75 Å². The molecule has 6 nitrogen and oxygen atoms in total. The van der Waals surface area contributed by atoms with Crippen LogP contribution in [0.15, 0.2) is 73.2 Å². The van der Waals surface area contributed by atoms with Crippen LogP contribution >= 0.6 is 0 Å². The molecule has 1 aliphatic rings. The molecule has 0 radical (unpaired) electrons. The summed E-state index contributed by atoms with van der Waals surface area (Å²) >= 11 is 0. The van der Waals surface area contributed by atoms with Gasteiger partial charge in [0, 0.05) is 44.4 Å². The third kappa shape index (κ3) is 4.28. The van der Waals surface area contributed by atoms with Gasteiger partial charge in [0.25, 0.3) is 5.91 Å². The summed E-state index contributed by atoms with van der Waals surface area (Å²) in [6.07, 6.45) is 5.87. The first-order valence-corrected chi connectivity index (χ1v) is 10.9. The number of halogens is 3. The summed E-state index contributed by atoms with van der Waals surface area (Å²) < 4.78 is 49.5. The Morgan fingerprint density at radius 3 is 2.29 bits per heavy atom. The zero-order valence-corrected chi connectivity index (χ0v) is 18.1. The molecule has 5 rings (SSSR count). The summed E-state index contributed by atoms with van der Waals surface area (Å²) in [5, 5.41) is 4.40. The topological polar surface area (TPSA) is 52.3 Å². The van der Waals surface area contributed by atoms with Gasteiger partial charge in [0.1, 0.15) is 23.3 Å². The van der Waals surface area contributed by atoms with E-state index in [1.54, 1.807) is 26.3 Å². The van der Waals surface area contributed by atoms with Crippen molar-refractivity contribution in [3.63, 3.8) is 0 Å². The van der Waals surface area contributed by atoms with Gasteiger partial charge in [0.15, 0.2) is 17.4 Å². The average molecular weight is 466 g/mol. The van der Waals surface area contributed by atoms with E-state index in [2.05, 4.69) is 5.10 Å². The fourth-order valence-corrected chi connectivity index (χ4v) is 4.09. The fraction of sp³-hybridized carbons (Fsp3) is 0.200. The first-order valence-electron chi connectivity index (χ1n) is 10.9. The average Bonchev–Trinajstić information content (AvgIpc) is 3.51. The lowest BCUT2D eigenvalue weighted by Gasteiger charge is -2.32. The predicted molar refractivity (Wildman–Crippen MR) is 119 cm³/mol. The monoisotopic (exact) mass is 466 g/mol. The smallest absolute Gasteiger partial charge is 0.259 e. The van der Waals surface area contributed by atoms with E-state index in [-0.39, 0.29) is 23.6 Å². The minimum atomic E-state index is -0.747. The van der Waals surface area contributed by atoms with Gasteiger partial charge in [0.2, 0.25) is 0 Å². The molecule has 34 heavy (non-hydrogen) atoms. The van der Waals surface area contributed by atoms with E-state index >= 15 is 0 Å². The molecule has 1 saturated heterocycles. The van der Waals surface area contributed by atoms with Gasteiger partial charge in [-0.05, 0) is 48.5 Å². The summed E-state index contributed by atoms with van der Waals surface area (Å²) in [6, 6.07) is 12.8. The van der Waals surface area contributed by atoms with Crippen molar-refractivity contribution in [3.8, 4) is 17.3 Å². The van der Waals surface area contributed by atoms with E-state index in [0.717, 1.165) is 12.1 Å². The van der Waals surface area contributed by atoms with Gasteiger partial charge in [-0.2, -0.15) is 5.10 Å². The molecule has 4 aromatic rings. The highest BCUT2D eigenvalue weighted by Crippen LogP contribution is 2.26. The van der Waals surface area contributed by atoms with Crippen LogP contribution in [0.1, 0.15) is 23.2 Å². The summed E-state index contributed by atoms with van der Waals surface area (Å²) in [5.41, 5.74) is 1.03. The van der Waals surface area contributed by atoms with Crippen LogP contribution in [0.4, 0.5) is 13.2 Å². The third-order valence-corrected chi connectivity index (χ3v) is 5.81. The van der Waals surface area contributed by atoms with Gasteiger partial charge in [0.05, 0.1) is 11.9 Å². The quantitative estimate of drug-likeness (QED) is 0.426. The Morgan fingerprint density at radius 1 is 0.941 bits per heavy atom. The van der Waals surface area contributed by atoms with Crippen molar-refractivity contribution < 1.29 is 22.7 Å². The summed E-state index contributed by atoms with van der Waals surface area (Å²) in [7, 11) is 0. The van der Waals surface area contributed by atoms with Crippen LogP contribution in [0.25, 0.3) is 11.5 Å². The molecular formula is C25H21F3N4O2. The van der Waals surface area contributed by atoms with E-state index in [1.807, 2.05) is 24.5 Å². The van der Waals surface area contributed by atoms with Crippen LogP contribution < -0.4 is 4.74 Å². The van der Waals surface area contributed by atoms with Gasteiger partial charge in [-0.15, -0.1) is 0 Å². The molecule has 0 bridgehead atoms. The highest BCUT2D eigenvalue weighted by atomic mass is 19.1. The van der Waals surface area contributed by atoms with Gasteiger partial charge in [-0.1, -0.05) is 0 Å². The maximum absolute atomic E-state index is 13.9. The van der Waals surface area contributed by atoms with Crippen molar-refractivity contribution in [2.45, 2.75) is 18.9 Å². The Bertz CT molecular complexity index is 1290. The van der Waals surface area contributed by atoms with Gasteiger partial charge < -0.3 is 14.2 Å². The fourth-order valence-electron chi connectivity index (χ4n) is 4.09. The molecule has 174 valence electrons. The van der Waals surface area contributed by atoms with Gasteiger partial charge in [-0.25, -0.2) is 17.9 Å². The molecule has 3 heterocycles. The molecule has 0 N–H and O–H groups in total. The minimum Gasteiger partial charge on any atom is -0.487 e. The first kappa shape index (κ1) is 21.8. The number of benzene rings is 2. The number of carbonyl (C=O) groups is 1. The van der Waals surface area contributed by atoms with E-state index in [1.165, 1.54) is 24.4 Å². The second-order valence-corrected chi connectivity index (χ2v) is 8.04. The third-order valence-electron chi connectivity index (χ3n) is 5.81. The number of rotatable bonds is 5. The van der Waals surface area contributed by atoms with Crippen LogP contribution in [0, 0.1) is 17.5 Å². The van der Waals surface area contributed by atoms with Gasteiger partial charge in [-0.3, -0.25) is 4.79 Å². The lowest BCUT2D eigenvalue weighted by Crippen LogP contribution is -2.42. The Kier molecular flexibility index (Phi) is 5.83. The second kappa shape index (κ2) is 9.09. The van der Waals surface area contributed by atoms with Crippen LogP contribution in [-0.2, 0) is 0 Å². The Morgan fingerprint density at radius 2 is 1.62 bits per heavy atom. The first-order chi connectivity index (χ1) is 16.5. The van der Waals surface area contributed by atoms with E-state index in [9.17, 15) is 18.0 Å². The van der Waals surface area contributed by atoms with E-state index < -0.39 is 11.6 Å². The molecule has 0 atom stereocenters. The van der Waals surface area contributed by atoms with Crippen molar-refractivity contribution in [2.75, 3.05) is 13.1 Å². The molecule has 0 unspecified atom stereocenters. The van der Waals surface area contributed by atoms with Crippen LogP contribution in [-0.4, -0.2) is 44.3 Å². The molecular weight excluding hydrogens is 445 g/mol. The molecule has 1 fully saturated rings. The lowest BCUT2D eigenvalue weighted by atomic mass is 10.1. The highest BCUT2D eigenvalue weighted by Gasteiger charge is 2.29. The number of amides is 1. The van der Waals surface area contributed by atoms with Crippen molar-refractivity contribution in [2.24, 2.45) is 0 Å². The SMILES string of the molecule is O=C(c1cnn(-c2ccc(F)cc2)c1-n1cccc1)N1CCC(Oc2ccc(F)cc2F)CC1. The second-order valence-electron chi connectivity index (χ2n) is 8.04. The molecule has 1 aliphatic heterocycles. The Balaban J connectivity index is 1.34. The molecule has 9 heteroatoms. The predicted octanol–water partition coefficient (Wildman–Crippen LogP) is 4.76. The van der Waals surface area contributed by atoms with E-state index in [4.69, 9.17) is 4.74 Å². The molecule has 0 aliphatic carbocycles. The summed E-state index contributed by atoms with van der Waals surface area (Å²) in [6.45, 7) is 0.832. The summed E-state index contributed by atoms with van der Waals surface area (Å²) in [4.78, 5) is 15.1. The van der Waals surface area contributed by atoms with Crippen molar-refractivity contribution >= 4 is 5.91 Å². The molecule has 2 aromatic heterocycles. The molecule has 0 spiro atoms. The zero-order chi connectivity index (χ0) is 23.7. The number of piperidine rings is 1. The number of nitrogens with zero attached hydrogens (tertiary/aromatic N) is 4. The Hall–Kier alpha value is -4.01. The molecule has 2 aromatic carbocycles. The van der Waals surface area contributed by atoms with Crippen molar-refractivity contribution in [1.29, 1.82) is 0 Å². The molecule has 1 amide bonds. The van der Waals surface area contributed by atoms with E-state index in [0.29, 0.717) is 43.0 Å². The number of ether oxygens (including phenoxy) is 1. The maximum Gasteiger partial charge on any atom is 0.259 e. The number of carbonyl (C=O) groups excluding carboxylic acids is 1. The standard InChI is InChI=1S/C25H21F3N4O2/c26-17-3-6-19(7-4-17)32-24(30-11-1-2-12-30)21(16-29-32)25(33)31-13-9-20(10-14-31)34-23-8-5-18(27)15-22(23)28/h1-8,11-12,15-16,20H,9-10,13-14H2. The number of hydrogen-bond acceptors (Lipinski definition) is 3. The van der Waals surface area contributed by atoms with Crippen LogP contribution in [0.3, 0.4) is 0 Å². The summed E-state index contributed by atoms with van der Waals surface area (Å²) in [5.74, 6) is -1.41. The Labute approximate surface area is 193 Å². The van der Waals surface area contributed by atoms with Crippen LogP contribution in [0.2, 0.25) is 0 Å². The highest BCUT2D eigenvalue weighted by molar-refractivity contribution is 5.97.